The molecule has 1 aliphatic rings. The molecule has 1 N–H and O–H groups in total. The Labute approximate surface area is 135 Å². The highest BCUT2D eigenvalue weighted by Crippen LogP contribution is 2.17. The first-order chi connectivity index (χ1) is 10.7. The number of carbonyl (C=O) groups is 3. The summed E-state index contributed by atoms with van der Waals surface area (Å²) in [4.78, 5) is 41.4. The van der Waals surface area contributed by atoms with Gasteiger partial charge in [-0.2, -0.15) is 0 Å². The van der Waals surface area contributed by atoms with Gasteiger partial charge in [-0.1, -0.05) is 0 Å². The highest BCUT2D eigenvalue weighted by molar-refractivity contribution is 6.01. The number of nitrogens with zero attached hydrogens (tertiary/aromatic N) is 2. The normalized spacial score (nSPS) is 18.0. The largest absolute Gasteiger partial charge is 0.443 e. The molecule has 0 saturated carbocycles. The summed E-state index contributed by atoms with van der Waals surface area (Å²) in [6, 6.07) is 2.64. The fourth-order valence-electron chi connectivity index (χ4n) is 2.16. The fourth-order valence-corrected chi connectivity index (χ4v) is 2.16. The van der Waals surface area contributed by atoms with Crippen LogP contribution in [0.2, 0.25) is 0 Å². The summed E-state index contributed by atoms with van der Waals surface area (Å²) in [7, 11) is 0. The molecule has 1 aromatic rings. The summed E-state index contributed by atoms with van der Waals surface area (Å²) in [5.74, 6) is -0.838. The lowest BCUT2D eigenvalue weighted by molar-refractivity contribution is -0.128. The second-order valence-electron chi connectivity index (χ2n) is 6.47. The first-order valence-corrected chi connectivity index (χ1v) is 7.45. The predicted molar refractivity (Wildman–Crippen MR) is 82.8 cm³/mol. The van der Waals surface area contributed by atoms with Crippen LogP contribution in [0.3, 0.4) is 0 Å². The third-order valence-corrected chi connectivity index (χ3v) is 3.30. The van der Waals surface area contributed by atoms with Crippen LogP contribution in [0, 0.1) is 6.92 Å². The number of nitrogens with one attached hydrogen (secondary N) is 1. The minimum Gasteiger partial charge on any atom is -0.443 e. The van der Waals surface area contributed by atoms with Gasteiger partial charge in [-0.15, -0.1) is 0 Å². The van der Waals surface area contributed by atoms with Crippen molar-refractivity contribution in [3.05, 3.63) is 29.6 Å². The Morgan fingerprint density at radius 3 is 2.61 bits per heavy atom. The second-order valence-corrected chi connectivity index (χ2v) is 6.47. The van der Waals surface area contributed by atoms with Gasteiger partial charge in [-0.25, -0.2) is 9.69 Å². The maximum atomic E-state index is 12.2. The SMILES string of the molecule is Cc1ccc(C(=O)NC2CCN(C(=O)OC(C)(C)C)C2=O)cn1. The Balaban J connectivity index is 1.98. The smallest absolute Gasteiger partial charge is 0.417 e. The van der Waals surface area contributed by atoms with Crippen LogP contribution >= 0.6 is 0 Å². The quantitative estimate of drug-likeness (QED) is 0.895. The van der Waals surface area contributed by atoms with Crippen molar-refractivity contribution >= 4 is 17.9 Å². The van der Waals surface area contributed by atoms with Gasteiger partial charge < -0.3 is 10.1 Å². The van der Waals surface area contributed by atoms with E-state index < -0.39 is 23.6 Å². The molecule has 0 radical (unpaired) electrons. The highest BCUT2D eigenvalue weighted by Gasteiger charge is 2.38. The van der Waals surface area contributed by atoms with Crippen molar-refractivity contribution in [1.82, 2.24) is 15.2 Å². The lowest BCUT2D eigenvalue weighted by Crippen LogP contribution is -2.44. The van der Waals surface area contributed by atoms with E-state index in [0.717, 1.165) is 10.6 Å². The lowest BCUT2D eigenvalue weighted by Gasteiger charge is -2.23. The zero-order valence-corrected chi connectivity index (χ0v) is 13.8. The Hall–Kier alpha value is -2.44. The van der Waals surface area contributed by atoms with Crippen molar-refractivity contribution in [2.24, 2.45) is 0 Å². The number of imide groups is 1. The van der Waals surface area contributed by atoms with Gasteiger partial charge in [-0.3, -0.25) is 14.6 Å². The fraction of sp³-hybridized carbons (Fsp3) is 0.500. The van der Waals surface area contributed by atoms with Gasteiger partial charge in [0, 0.05) is 18.4 Å². The number of amides is 3. The number of hydrogen-bond donors (Lipinski definition) is 1. The number of rotatable bonds is 2. The number of likely N-dealkylation sites (tertiary alicyclic amines) is 1. The number of aromatic nitrogens is 1. The molecule has 7 heteroatoms. The van der Waals surface area contributed by atoms with E-state index in [1.165, 1.54) is 6.20 Å². The molecule has 0 aliphatic carbocycles. The van der Waals surface area contributed by atoms with E-state index in [1.54, 1.807) is 32.9 Å². The summed E-state index contributed by atoms with van der Waals surface area (Å²) >= 11 is 0. The van der Waals surface area contributed by atoms with Crippen LogP contribution < -0.4 is 5.32 Å². The Morgan fingerprint density at radius 2 is 2.04 bits per heavy atom. The van der Waals surface area contributed by atoms with E-state index >= 15 is 0 Å². The molecule has 2 rings (SSSR count). The van der Waals surface area contributed by atoms with Crippen molar-refractivity contribution < 1.29 is 19.1 Å². The van der Waals surface area contributed by atoms with Crippen LogP contribution in [0.1, 0.15) is 43.2 Å². The van der Waals surface area contributed by atoms with Crippen molar-refractivity contribution in [2.45, 2.75) is 45.8 Å². The topological polar surface area (TPSA) is 88.6 Å². The molecule has 1 unspecified atom stereocenters. The van der Waals surface area contributed by atoms with Gasteiger partial charge in [0.15, 0.2) is 0 Å². The molecule has 23 heavy (non-hydrogen) atoms. The molecule has 1 aliphatic heterocycles. The zero-order chi connectivity index (χ0) is 17.2. The number of pyridine rings is 1. The van der Waals surface area contributed by atoms with Crippen LogP contribution in [0.15, 0.2) is 18.3 Å². The molecule has 1 fully saturated rings. The second kappa shape index (κ2) is 6.36. The lowest BCUT2D eigenvalue weighted by atomic mass is 10.2. The number of carbonyl (C=O) groups excluding carboxylic acids is 3. The monoisotopic (exact) mass is 319 g/mol. The first-order valence-electron chi connectivity index (χ1n) is 7.45. The van der Waals surface area contributed by atoms with Crippen LogP contribution in [0.25, 0.3) is 0 Å². The molecule has 2 heterocycles. The van der Waals surface area contributed by atoms with Crippen LogP contribution in [-0.4, -0.2) is 46.0 Å². The van der Waals surface area contributed by atoms with Crippen molar-refractivity contribution in [3.8, 4) is 0 Å². The predicted octanol–water partition coefficient (Wildman–Crippen LogP) is 1.66. The summed E-state index contributed by atoms with van der Waals surface area (Å²) in [6.45, 7) is 7.24. The number of hydrogen-bond acceptors (Lipinski definition) is 5. The maximum absolute atomic E-state index is 12.2. The van der Waals surface area contributed by atoms with Gasteiger partial charge in [0.25, 0.3) is 11.8 Å². The van der Waals surface area contributed by atoms with E-state index in [1.807, 2.05) is 6.92 Å². The molecular formula is C16H21N3O4. The minimum atomic E-state index is -0.726. The number of ether oxygens (including phenoxy) is 1. The van der Waals surface area contributed by atoms with Crippen LogP contribution in [0.4, 0.5) is 4.79 Å². The van der Waals surface area contributed by atoms with Gasteiger partial charge in [0.05, 0.1) is 5.56 Å². The Morgan fingerprint density at radius 1 is 1.35 bits per heavy atom. The van der Waals surface area contributed by atoms with Gasteiger partial charge in [-0.05, 0) is 46.2 Å². The first kappa shape index (κ1) is 16.9. The summed E-state index contributed by atoms with van der Waals surface area (Å²) < 4.78 is 5.19. The molecule has 0 spiro atoms. The standard InChI is InChI=1S/C16H21N3O4/c1-10-5-6-11(9-17-10)13(20)18-12-7-8-19(14(12)21)15(22)23-16(2,3)4/h5-6,9,12H,7-8H2,1-4H3,(H,18,20). The molecule has 1 saturated heterocycles. The van der Waals surface area contributed by atoms with Gasteiger partial charge in [0.1, 0.15) is 11.6 Å². The average molecular weight is 319 g/mol. The Bertz CT molecular complexity index is 619. The molecule has 7 nitrogen and oxygen atoms in total. The van der Waals surface area contributed by atoms with Crippen molar-refractivity contribution in [2.75, 3.05) is 6.54 Å². The van der Waals surface area contributed by atoms with E-state index in [9.17, 15) is 14.4 Å². The molecule has 1 atom stereocenters. The third kappa shape index (κ3) is 4.28. The van der Waals surface area contributed by atoms with E-state index in [2.05, 4.69) is 10.3 Å². The molecule has 0 bridgehead atoms. The molecular weight excluding hydrogens is 298 g/mol. The zero-order valence-electron chi connectivity index (χ0n) is 13.8. The third-order valence-electron chi connectivity index (χ3n) is 3.30. The summed E-state index contributed by atoms with van der Waals surface area (Å²) in [5.41, 5.74) is 0.500. The van der Waals surface area contributed by atoms with Gasteiger partial charge in [0.2, 0.25) is 0 Å². The van der Waals surface area contributed by atoms with Crippen molar-refractivity contribution in [1.29, 1.82) is 0 Å². The van der Waals surface area contributed by atoms with Crippen molar-refractivity contribution in [3.63, 3.8) is 0 Å². The van der Waals surface area contributed by atoms with Gasteiger partial charge >= 0.3 is 6.09 Å². The summed E-state index contributed by atoms with van der Waals surface area (Å²) in [5, 5.41) is 2.63. The van der Waals surface area contributed by atoms with Crippen LogP contribution in [0.5, 0.6) is 0 Å². The maximum Gasteiger partial charge on any atom is 0.417 e. The van der Waals surface area contributed by atoms with E-state index in [0.29, 0.717) is 12.0 Å². The minimum absolute atomic E-state index is 0.227. The average Bonchev–Trinajstić information content (AvgIpc) is 2.79. The molecule has 1 aromatic heterocycles. The molecule has 124 valence electrons. The van der Waals surface area contributed by atoms with Crippen LogP contribution in [-0.2, 0) is 9.53 Å². The van der Waals surface area contributed by atoms with E-state index in [-0.39, 0.29) is 12.5 Å². The highest BCUT2D eigenvalue weighted by atomic mass is 16.6. The molecule has 0 aromatic carbocycles. The number of aryl methyl sites for hydroxylation is 1. The summed E-state index contributed by atoms with van der Waals surface area (Å²) in [6.07, 6.45) is 1.13. The Kier molecular flexibility index (Phi) is 4.68. The molecule has 3 amide bonds. The van der Waals surface area contributed by atoms with E-state index in [4.69, 9.17) is 4.74 Å².